The van der Waals surface area contributed by atoms with Gasteiger partial charge in [-0.1, -0.05) is 36.4 Å². The number of hydrogen-bond donors (Lipinski definition) is 4. The molecule has 2 amide bonds. The smallest absolute Gasteiger partial charge is 0.305 e. The zero-order valence-electron chi connectivity index (χ0n) is 18.7. The first-order valence-corrected chi connectivity index (χ1v) is 11.2. The molecular formula is C25H27N5O4. The average Bonchev–Trinajstić information content (AvgIpc) is 3.31. The quantitative estimate of drug-likeness (QED) is 0.387. The maximum absolute atomic E-state index is 13.2. The molecule has 1 aliphatic heterocycles. The van der Waals surface area contributed by atoms with Gasteiger partial charge in [-0.15, -0.1) is 0 Å². The van der Waals surface area contributed by atoms with Gasteiger partial charge in [0.25, 0.3) is 5.91 Å². The highest BCUT2D eigenvalue weighted by Crippen LogP contribution is 2.26. The van der Waals surface area contributed by atoms with Gasteiger partial charge in [0.05, 0.1) is 12.7 Å². The van der Waals surface area contributed by atoms with E-state index in [0.717, 1.165) is 16.8 Å². The number of imidazole rings is 1. The van der Waals surface area contributed by atoms with E-state index in [0.29, 0.717) is 43.7 Å². The van der Waals surface area contributed by atoms with Crippen molar-refractivity contribution in [2.75, 3.05) is 18.4 Å². The first-order chi connectivity index (χ1) is 16.5. The number of H-pyrrole nitrogens is 1. The van der Waals surface area contributed by atoms with Crippen molar-refractivity contribution in [1.82, 2.24) is 20.2 Å². The van der Waals surface area contributed by atoms with Gasteiger partial charge in [0, 0.05) is 49.2 Å². The lowest BCUT2D eigenvalue weighted by molar-refractivity contribution is -0.141. The van der Waals surface area contributed by atoms with Crippen LogP contribution in [0.2, 0.25) is 0 Å². The Morgan fingerprint density at radius 2 is 1.97 bits per heavy atom. The molecule has 0 fully saturated rings. The van der Waals surface area contributed by atoms with Crippen molar-refractivity contribution in [3.63, 3.8) is 0 Å². The second kappa shape index (κ2) is 10.7. The van der Waals surface area contributed by atoms with Crippen molar-refractivity contribution in [3.05, 3.63) is 83.4 Å². The number of aromatic nitrogens is 2. The van der Waals surface area contributed by atoms with E-state index in [1.807, 2.05) is 36.4 Å². The molecule has 2 heterocycles. The predicted octanol–water partition coefficient (Wildman–Crippen LogP) is 2.22. The summed E-state index contributed by atoms with van der Waals surface area (Å²) in [6.07, 6.45) is 4.24. The molecule has 0 saturated carbocycles. The van der Waals surface area contributed by atoms with Crippen LogP contribution in [0.4, 0.5) is 5.69 Å². The third kappa shape index (κ3) is 5.80. The molecule has 1 aromatic heterocycles. The third-order valence-electron chi connectivity index (χ3n) is 5.80. The van der Waals surface area contributed by atoms with E-state index in [4.69, 9.17) is 0 Å². The summed E-state index contributed by atoms with van der Waals surface area (Å²) in [7, 11) is 0. The summed E-state index contributed by atoms with van der Waals surface area (Å²) in [5, 5.41) is 15.3. The van der Waals surface area contributed by atoms with Gasteiger partial charge in [-0.2, -0.15) is 0 Å². The molecule has 4 rings (SSSR count). The average molecular weight is 462 g/mol. The lowest BCUT2D eigenvalue weighted by Gasteiger charge is -2.24. The number of carbonyl (C=O) groups excluding carboxylic acids is 2. The Morgan fingerprint density at radius 1 is 1.15 bits per heavy atom. The van der Waals surface area contributed by atoms with Crippen LogP contribution in [-0.4, -0.2) is 56.9 Å². The number of carbonyl (C=O) groups is 3. The van der Waals surface area contributed by atoms with E-state index in [9.17, 15) is 19.5 Å². The van der Waals surface area contributed by atoms with Crippen LogP contribution in [-0.2, 0) is 29.0 Å². The van der Waals surface area contributed by atoms with Crippen LogP contribution in [0.5, 0.6) is 0 Å². The number of rotatable bonds is 9. The van der Waals surface area contributed by atoms with Crippen LogP contribution < -0.4 is 10.6 Å². The molecule has 0 spiro atoms. The van der Waals surface area contributed by atoms with Crippen LogP contribution in [0.3, 0.4) is 0 Å². The zero-order valence-corrected chi connectivity index (χ0v) is 18.7. The minimum absolute atomic E-state index is 0.240. The molecule has 0 unspecified atom stereocenters. The second-order valence-corrected chi connectivity index (χ2v) is 8.24. The minimum atomic E-state index is -1.06. The maximum Gasteiger partial charge on any atom is 0.305 e. The molecule has 9 heteroatoms. The Kier molecular flexibility index (Phi) is 7.22. The van der Waals surface area contributed by atoms with Crippen LogP contribution >= 0.6 is 0 Å². The van der Waals surface area contributed by atoms with Crippen LogP contribution in [0, 0.1) is 0 Å². The van der Waals surface area contributed by atoms with E-state index < -0.39 is 12.0 Å². The SMILES string of the molecule is O=C(O)C[C@H]1Nc2cc(C(=O)NCCc3cnc[nH]3)ccc2CN(CCc2ccccc2)C1=O. The molecule has 1 aliphatic rings. The molecule has 0 bridgehead atoms. The molecule has 34 heavy (non-hydrogen) atoms. The van der Waals surface area contributed by atoms with Gasteiger partial charge in [0.15, 0.2) is 0 Å². The van der Waals surface area contributed by atoms with E-state index in [2.05, 4.69) is 20.6 Å². The highest BCUT2D eigenvalue weighted by molar-refractivity contribution is 5.96. The largest absolute Gasteiger partial charge is 0.481 e. The summed E-state index contributed by atoms with van der Waals surface area (Å²) < 4.78 is 0. The Bertz CT molecular complexity index is 1150. The summed E-state index contributed by atoms with van der Waals surface area (Å²) in [5.41, 5.74) is 3.90. The number of hydrogen-bond acceptors (Lipinski definition) is 5. The number of carboxylic acid groups (broad SMARTS) is 1. The van der Waals surface area contributed by atoms with Crippen molar-refractivity contribution < 1.29 is 19.5 Å². The zero-order chi connectivity index (χ0) is 23.9. The predicted molar refractivity (Wildman–Crippen MR) is 126 cm³/mol. The van der Waals surface area contributed by atoms with Crippen LogP contribution in [0.25, 0.3) is 0 Å². The Labute approximate surface area is 197 Å². The van der Waals surface area contributed by atoms with Gasteiger partial charge in [-0.05, 0) is 29.7 Å². The second-order valence-electron chi connectivity index (χ2n) is 8.24. The van der Waals surface area contributed by atoms with Crippen molar-refractivity contribution in [2.24, 2.45) is 0 Å². The van der Waals surface area contributed by atoms with Crippen LogP contribution in [0.15, 0.2) is 61.1 Å². The van der Waals surface area contributed by atoms with Crippen molar-refractivity contribution >= 4 is 23.5 Å². The molecule has 9 nitrogen and oxygen atoms in total. The molecule has 176 valence electrons. The van der Waals surface area contributed by atoms with Gasteiger partial charge >= 0.3 is 5.97 Å². The number of aliphatic carboxylic acids is 1. The molecular weight excluding hydrogens is 434 g/mol. The molecule has 0 saturated heterocycles. The number of nitrogens with one attached hydrogen (secondary N) is 3. The van der Waals surface area contributed by atoms with Gasteiger partial charge in [-0.3, -0.25) is 14.4 Å². The topological polar surface area (TPSA) is 127 Å². The highest BCUT2D eigenvalue weighted by Gasteiger charge is 2.31. The number of fused-ring (bicyclic) bond motifs is 1. The number of carboxylic acids is 1. The van der Waals surface area contributed by atoms with E-state index >= 15 is 0 Å². The fourth-order valence-corrected chi connectivity index (χ4v) is 3.99. The summed E-state index contributed by atoms with van der Waals surface area (Å²) in [5.74, 6) is -1.57. The minimum Gasteiger partial charge on any atom is -0.481 e. The van der Waals surface area contributed by atoms with Crippen molar-refractivity contribution in [1.29, 1.82) is 0 Å². The Balaban J connectivity index is 1.48. The van der Waals surface area contributed by atoms with E-state index in [1.165, 1.54) is 0 Å². The third-order valence-corrected chi connectivity index (χ3v) is 5.80. The summed E-state index contributed by atoms with van der Waals surface area (Å²) >= 11 is 0. The fourth-order valence-electron chi connectivity index (χ4n) is 3.99. The molecule has 1 atom stereocenters. The molecule has 4 N–H and O–H groups in total. The molecule has 3 aromatic rings. The molecule has 0 radical (unpaired) electrons. The standard InChI is InChI=1S/C25H27N5O4/c31-23(32)13-22-25(34)30(11-9-17-4-2-1-3-5-17)15-19-7-6-18(12-21(19)29-22)24(33)27-10-8-20-14-26-16-28-20/h1-7,12,14,16,22,29H,8-11,13,15H2,(H,26,28)(H,27,33)(H,31,32)/t22-/m1/s1. The molecule has 2 aromatic carbocycles. The fraction of sp³-hybridized carbons (Fsp3) is 0.280. The number of benzene rings is 2. The number of anilines is 1. The Morgan fingerprint density at radius 3 is 2.71 bits per heavy atom. The van der Waals surface area contributed by atoms with E-state index in [-0.39, 0.29) is 18.2 Å². The highest BCUT2D eigenvalue weighted by atomic mass is 16.4. The monoisotopic (exact) mass is 461 g/mol. The summed E-state index contributed by atoms with van der Waals surface area (Å²) in [6.45, 7) is 1.25. The number of aromatic amines is 1. The van der Waals surface area contributed by atoms with Crippen molar-refractivity contribution in [3.8, 4) is 0 Å². The first kappa shape index (κ1) is 23.0. The van der Waals surface area contributed by atoms with Gasteiger partial charge in [0.1, 0.15) is 6.04 Å². The first-order valence-electron chi connectivity index (χ1n) is 11.2. The number of nitrogens with zero attached hydrogens (tertiary/aromatic N) is 2. The van der Waals surface area contributed by atoms with Crippen molar-refractivity contribution in [2.45, 2.75) is 31.8 Å². The lowest BCUT2D eigenvalue weighted by atomic mass is 10.1. The van der Waals surface area contributed by atoms with E-state index in [1.54, 1.807) is 29.6 Å². The lowest BCUT2D eigenvalue weighted by Crippen LogP contribution is -2.42. The van der Waals surface area contributed by atoms with Gasteiger partial charge < -0.3 is 25.6 Å². The van der Waals surface area contributed by atoms with Crippen LogP contribution in [0.1, 0.15) is 33.6 Å². The van der Waals surface area contributed by atoms with Gasteiger partial charge in [-0.25, -0.2) is 4.98 Å². The summed E-state index contributed by atoms with van der Waals surface area (Å²) in [6, 6.07) is 14.2. The normalized spacial score (nSPS) is 15.2. The maximum atomic E-state index is 13.2. The number of amides is 2. The van der Waals surface area contributed by atoms with Gasteiger partial charge in [0.2, 0.25) is 5.91 Å². The Hall–Kier alpha value is -4.14. The molecule has 0 aliphatic carbocycles. The summed E-state index contributed by atoms with van der Waals surface area (Å²) in [4.78, 5) is 45.9.